The summed E-state index contributed by atoms with van der Waals surface area (Å²) in [7, 11) is 0. The molecule has 11 rings (SSSR count). The van der Waals surface area contributed by atoms with Crippen LogP contribution in [0, 0.1) is 0 Å². The molecule has 0 saturated carbocycles. The molecule has 0 amide bonds. The maximum absolute atomic E-state index is 5.45. The molecule has 0 aliphatic carbocycles. The predicted molar refractivity (Wildman–Crippen MR) is 221 cm³/mol. The van der Waals surface area contributed by atoms with E-state index in [1.54, 1.807) is 0 Å². The fourth-order valence-corrected chi connectivity index (χ4v) is 9.38. The summed E-state index contributed by atoms with van der Waals surface area (Å²) >= 11 is 1.86. The standard InChI is InChI=1S/C48H29N3S/c1-3-15-30(16-4-1)41-29-42(31-17-5-2-6-18-31)50-48(49-41)51-45-37(39-26-14-25-38-34-21-11-12-28-43(34)52-47(38)39)24-13-27-40(45)44-35-22-9-7-19-32(35)33-20-8-10-23-36(33)46(44)51/h1-29H. The Kier molecular flexibility index (Phi) is 6.42. The number of para-hydroxylation sites is 1. The molecule has 0 fully saturated rings. The van der Waals surface area contributed by atoms with Gasteiger partial charge in [-0.05, 0) is 28.3 Å². The van der Waals surface area contributed by atoms with Crippen LogP contribution in [0.3, 0.4) is 0 Å². The Morgan fingerprint density at radius 1 is 0.385 bits per heavy atom. The van der Waals surface area contributed by atoms with E-state index in [0.29, 0.717) is 5.95 Å². The predicted octanol–water partition coefficient (Wildman–Crippen LogP) is 13.2. The molecule has 52 heavy (non-hydrogen) atoms. The van der Waals surface area contributed by atoms with Crippen LogP contribution in [0.5, 0.6) is 0 Å². The van der Waals surface area contributed by atoms with Crippen LogP contribution >= 0.6 is 11.3 Å². The third-order valence-corrected chi connectivity index (χ3v) is 11.6. The van der Waals surface area contributed by atoms with Crippen molar-refractivity contribution < 1.29 is 0 Å². The van der Waals surface area contributed by atoms with Gasteiger partial charge < -0.3 is 0 Å². The molecule has 0 radical (unpaired) electrons. The van der Waals surface area contributed by atoms with Crippen LogP contribution in [0.1, 0.15) is 0 Å². The Hall–Kier alpha value is -6.62. The van der Waals surface area contributed by atoms with Crippen molar-refractivity contribution >= 4 is 74.9 Å². The minimum Gasteiger partial charge on any atom is -0.277 e. The fraction of sp³-hybridized carbons (Fsp3) is 0. The second-order valence-electron chi connectivity index (χ2n) is 13.3. The maximum Gasteiger partial charge on any atom is 0.235 e. The third-order valence-electron chi connectivity index (χ3n) is 10.4. The smallest absolute Gasteiger partial charge is 0.235 e. The summed E-state index contributed by atoms with van der Waals surface area (Å²) in [4.78, 5) is 10.9. The van der Waals surface area contributed by atoms with Crippen LogP contribution in [-0.2, 0) is 0 Å². The second kappa shape index (κ2) is 11.5. The Morgan fingerprint density at radius 2 is 0.904 bits per heavy atom. The molecule has 242 valence electrons. The van der Waals surface area contributed by atoms with E-state index in [1.165, 1.54) is 58.1 Å². The number of hydrogen-bond acceptors (Lipinski definition) is 3. The van der Waals surface area contributed by atoms with Gasteiger partial charge >= 0.3 is 0 Å². The lowest BCUT2D eigenvalue weighted by molar-refractivity contribution is 0.999. The van der Waals surface area contributed by atoms with Crippen molar-refractivity contribution in [1.29, 1.82) is 0 Å². The van der Waals surface area contributed by atoms with Gasteiger partial charge in [-0.2, -0.15) is 0 Å². The number of nitrogens with zero attached hydrogens (tertiary/aromatic N) is 3. The van der Waals surface area contributed by atoms with Crippen molar-refractivity contribution in [3.63, 3.8) is 0 Å². The molecular formula is C48H29N3S. The van der Waals surface area contributed by atoms with Gasteiger partial charge in [-0.3, -0.25) is 4.57 Å². The Bertz CT molecular complexity index is 3120. The van der Waals surface area contributed by atoms with Gasteiger partial charge in [-0.15, -0.1) is 11.3 Å². The van der Waals surface area contributed by atoms with Gasteiger partial charge in [0.25, 0.3) is 0 Å². The fourth-order valence-electron chi connectivity index (χ4n) is 8.15. The van der Waals surface area contributed by atoms with Crippen molar-refractivity contribution in [2.24, 2.45) is 0 Å². The van der Waals surface area contributed by atoms with Gasteiger partial charge in [0.2, 0.25) is 5.95 Å². The van der Waals surface area contributed by atoms with Crippen molar-refractivity contribution in [3.8, 4) is 39.6 Å². The topological polar surface area (TPSA) is 30.7 Å². The Morgan fingerprint density at radius 3 is 1.60 bits per heavy atom. The molecular weight excluding hydrogens is 651 g/mol. The van der Waals surface area contributed by atoms with E-state index in [2.05, 4.69) is 180 Å². The Balaban J connectivity index is 1.36. The highest BCUT2D eigenvalue weighted by Crippen LogP contribution is 2.47. The molecule has 0 bridgehead atoms. The minimum absolute atomic E-state index is 0.650. The SMILES string of the molecule is c1ccc(-c2cc(-c3ccccc3)nc(-n3c4c(-c5cccc6c5sc5ccccc56)cccc4c4c5ccccc5c5ccccc5c43)n2)cc1. The quantitative estimate of drug-likeness (QED) is 0.173. The molecule has 0 saturated heterocycles. The zero-order chi connectivity index (χ0) is 34.2. The van der Waals surface area contributed by atoms with Crippen LogP contribution in [0.2, 0.25) is 0 Å². The third kappa shape index (κ3) is 4.31. The molecule has 0 N–H and O–H groups in total. The van der Waals surface area contributed by atoms with E-state index in [0.717, 1.165) is 39.1 Å². The number of fused-ring (bicyclic) bond motifs is 11. The Labute approximate surface area is 303 Å². The van der Waals surface area contributed by atoms with Gasteiger partial charge in [-0.25, -0.2) is 9.97 Å². The first-order valence-corrected chi connectivity index (χ1v) is 18.4. The van der Waals surface area contributed by atoms with Crippen molar-refractivity contribution in [3.05, 3.63) is 176 Å². The highest BCUT2D eigenvalue weighted by atomic mass is 32.1. The molecule has 8 aromatic carbocycles. The van der Waals surface area contributed by atoms with Gasteiger partial charge in [-0.1, -0.05) is 164 Å². The van der Waals surface area contributed by atoms with Crippen molar-refractivity contribution in [1.82, 2.24) is 14.5 Å². The van der Waals surface area contributed by atoms with Gasteiger partial charge in [0, 0.05) is 58.6 Å². The van der Waals surface area contributed by atoms with Crippen LogP contribution in [0.15, 0.2) is 176 Å². The van der Waals surface area contributed by atoms with E-state index >= 15 is 0 Å². The van der Waals surface area contributed by atoms with Crippen LogP contribution in [0.25, 0.3) is 103 Å². The van der Waals surface area contributed by atoms with Gasteiger partial charge in [0.05, 0.1) is 22.4 Å². The van der Waals surface area contributed by atoms with E-state index in [1.807, 2.05) is 11.3 Å². The molecule has 3 nitrogen and oxygen atoms in total. The summed E-state index contributed by atoms with van der Waals surface area (Å²) in [5, 5.41) is 9.82. The number of thiophene rings is 1. The zero-order valence-electron chi connectivity index (χ0n) is 28.0. The first-order valence-electron chi connectivity index (χ1n) is 17.6. The lowest BCUT2D eigenvalue weighted by Gasteiger charge is -2.15. The number of benzene rings is 8. The summed E-state index contributed by atoms with van der Waals surface area (Å²) in [5.41, 5.74) is 8.46. The molecule has 3 heterocycles. The largest absolute Gasteiger partial charge is 0.277 e. The van der Waals surface area contributed by atoms with E-state index in [4.69, 9.17) is 9.97 Å². The first kappa shape index (κ1) is 29.1. The molecule has 0 atom stereocenters. The highest BCUT2D eigenvalue weighted by molar-refractivity contribution is 7.26. The van der Waals surface area contributed by atoms with Crippen LogP contribution < -0.4 is 0 Å². The van der Waals surface area contributed by atoms with Crippen LogP contribution in [0.4, 0.5) is 0 Å². The number of aromatic nitrogens is 3. The molecule has 4 heteroatoms. The summed E-state index contributed by atoms with van der Waals surface area (Å²) in [5.74, 6) is 0.650. The molecule has 0 unspecified atom stereocenters. The average Bonchev–Trinajstić information content (AvgIpc) is 3.78. The van der Waals surface area contributed by atoms with Crippen molar-refractivity contribution in [2.45, 2.75) is 0 Å². The lowest BCUT2D eigenvalue weighted by Crippen LogP contribution is -2.05. The summed E-state index contributed by atoms with van der Waals surface area (Å²) < 4.78 is 4.94. The van der Waals surface area contributed by atoms with Crippen molar-refractivity contribution in [2.75, 3.05) is 0 Å². The van der Waals surface area contributed by atoms with E-state index < -0.39 is 0 Å². The summed E-state index contributed by atoms with van der Waals surface area (Å²) in [6.07, 6.45) is 0. The monoisotopic (exact) mass is 679 g/mol. The lowest BCUT2D eigenvalue weighted by atomic mass is 9.95. The highest BCUT2D eigenvalue weighted by Gasteiger charge is 2.24. The average molecular weight is 680 g/mol. The van der Waals surface area contributed by atoms with Gasteiger partial charge in [0.15, 0.2) is 0 Å². The number of rotatable bonds is 4. The zero-order valence-corrected chi connectivity index (χ0v) is 28.8. The van der Waals surface area contributed by atoms with E-state index in [9.17, 15) is 0 Å². The van der Waals surface area contributed by atoms with E-state index in [-0.39, 0.29) is 0 Å². The first-order chi connectivity index (χ1) is 25.8. The molecule has 0 aliphatic rings. The second-order valence-corrected chi connectivity index (χ2v) is 14.4. The number of hydrogen-bond donors (Lipinski definition) is 0. The molecule has 3 aromatic heterocycles. The normalized spacial score (nSPS) is 11.8. The summed E-state index contributed by atoms with van der Waals surface area (Å²) in [6.45, 7) is 0. The van der Waals surface area contributed by atoms with Gasteiger partial charge in [0.1, 0.15) is 0 Å². The molecule has 11 aromatic rings. The minimum atomic E-state index is 0.650. The maximum atomic E-state index is 5.45. The van der Waals surface area contributed by atoms with Crippen LogP contribution in [-0.4, -0.2) is 14.5 Å². The summed E-state index contributed by atoms with van der Waals surface area (Å²) in [6, 6.07) is 62.9. The molecule has 0 spiro atoms. The molecule has 0 aliphatic heterocycles.